The zero-order valence-corrected chi connectivity index (χ0v) is 13.2. The van der Waals surface area contributed by atoms with E-state index in [1.807, 2.05) is 11.8 Å². The average molecular weight is 284 g/mol. The molecule has 2 aliphatic rings. The fraction of sp³-hybridized carbons (Fsp3) is 0.933. The van der Waals surface area contributed by atoms with Gasteiger partial charge in [-0.2, -0.15) is 11.8 Å². The Morgan fingerprint density at radius 3 is 2.79 bits per heavy atom. The van der Waals surface area contributed by atoms with Gasteiger partial charge in [-0.05, 0) is 51.3 Å². The van der Waals surface area contributed by atoms with Gasteiger partial charge in [-0.15, -0.1) is 0 Å². The first-order valence-corrected chi connectivity index (χ1v) is 8.72. The summed E-state index contributed by atoms with van der Waals surface area (Å²) in [6.07, 6.45) is 6.79. The van der Waals surface area contributed by atoms with E-state index in [-0.39, 0.29) is 16.1 Å². The molecule has 2 N–H and O–H groups in total. The van der Waals surface area contributed by atoms with Crippen LogP contribution < -0.4 is 10.6 Å². The van der Waals surface area contributed by atoms with Crippen LogP contribution in [0.15, 0.2) is 0 Å². The molecule has 0 aromatic heterocycles. The lowest BCUT2D eigenvalue weighted by molar-refractivity contribution is -0.132. The predicted octanol–water partition coefficient (Wildman–Crippen LogP) is 2.56. The van der Waals surface area contributed by atoms with Crippen LogP contribution in [0.2, 0.25) is 0 Å². The Kier molecular flexibility index (Phi) is 5.18. The SMILES string of the molecule is CCCC1(C(=O)NCC2(C)CCCS2)CCCNC1. The maximum Gasteiger partial charge on any atom is 0.227 e. The molecule has 4 heteroatoms. The van der Waals surface area contributed by atoms with Crippen LogP contribution in [0.5, 0.6) is 0 Å². The molecule has 19 heavy (non-hydrogen) atoms. The van der Waals surface area contributed by atoms with Crippen molar-refractivity contribution in [3.63, 3.8) is 0 Å². The fourth-order valence-corrected chi connectivity index (χ4v) is 4.64. The molecule has 110 valence electrons. The van der Waals surface area contributed by atoms with Crippen molar-refractivity contribution in [2.75, 3.05) is 25.4 Å². The van der Waals surface area contributed by atoms with Crippen molar-refractivity contribution in [3.8, 4) is 0 Å². The molecule has 3 nitrogen and oxygen atoms in total. The van der Waals surface area contributed by atoms with Gasteiger partial charge < -0.3 is 10.6 Å². The monoisotopic (exact) mass is 284 g/mol. The lowest BCUT2D eigenvalue weighted by Gasteiger charge is -2.37. The van der Waals surface area contributed by atoms with Crippen LogP contribution in [0.25, 0.3) is 0 Å². The van der Waals surface area contributed by atoms with Crippen LogP contribution in [-0.2, 0) is 4.79 Å². The topological polar surface area (TPSA) is 41.1 Å². The van der Waals surface area contributed by atoms with E-state index in [0.717, 1.165) is 45.3 Å². The fourth-order valence-electron chi connectivity index (χ4n) is 3.40. The number of carbonyl (C=O) groups is 1. The highest BCUT2D eigenvalue weighted by molar-refractivity contribution is 8.00. The van der Waals surface area contributed by atoms with Crippen LogP contribution in [0, 0.1) is 5.41 Å². The van der Waals surface area contributed by atoms with E-state index in [4.69, 9.17) is 0 Å². The first kappa shape index (κ1) is 15.2. The minimum absolute atomic E-state index is 0.146. The number of rotatable bonds is 5. The van der Waals surface area contributed by atoms with Crippen molar-refractivity contribution in [2.45, 2.75) is 57.1 Å². The van der Waals surface area contributed by atoms with Gasteiger partial charge in [-0.3, -0.25) is 4.79 Å². The smallest absolute Gasteiger partial charge is 0.227 e. The van der Waals surface area contributed by atoms with Crippen molar-refractivity contribution in [3.05, 3.63) is 0 Å². The Morgan fingerprint density at radius 1 is 1.37 bits per heavy atom. The highest BCUT2D eigenvalue weighted by Crippen LogP contribution is 2.38. The summed E-state index contributed by atoms with van der Waals surface area (Å²) in [5, 5.41) is 6.67. The first-order chi connectivity index (χ1) is 9.10. The summed E-state index contributed by atoms with van der Waals surface area (Å²) in [5.41, 5.74) is -0.146. The van der Waals surface area contributed by atoms with E-state index in [2.05, 4.69) is 24.5 Å². The Bertz CT molecular complexity index is 302. The van der Waals surface area contributed by atoms with Gasteiger partial charge in [0, 0.05) is 17.8 Å². The Hall–Kier alpha value is -0.220. The van der Waals surface area contributed by atoms with Crippen LogP contribution in [0.3, 0.4) is 0 Å². The molecule has 0 aliphatic carbocycles. The highest BCUT2D eigenvalue weighted by atomic mass is 32.2. The zero-order valence-electron chi connectivity index (χ0n) is 12.4. The van der Waals surface area contributed by atoms with Crippen LogP contribution in [-0.4, -0.2) is 36.0 Å². The van der Waals surface area contributed by atoms with E-state index >= 15 is 0 Å². The van der Waals surface area contributed by atoms with Gasteiger partial charge in [0.25, 0.3) is 0 Å². The predicted molar refractivity (Wildman–Crippen MR) is 82.6 cm³/mol. The van der Waals surface area contributed by atoms with Gasteiger partial charge in [-0.25, -0.2) is 0 Å². The standard InChI is InChI=1S/C15H28N2OS/c1-3-6-15(8-4-9-16-12-15)13(18)17-11-14(2)7-5-10-19-14/h16H,3-12H2,1-2H3,(H,17,18). The molecule has 0 saturated carbocycles. The largest absolute Gasteiger partial charge is 0.354 e. The summed E-state index contributed by atoms with van der Waals surface area (Å²) in [6.45, 7) is 7.22. The van der Waals surface area contributed by atoms with Crippen molar-refractivity contribution in [1.82, 2.24) is 10.6 Å². The molecule has 0 aromatic rings. The third kappa shape index (κ3) is 3.66. The van der Waals surface area contributed by atoms with Gasteiger partial charge in [0.05, 0.1) is 5.41 Å². The molecule has 2 atom stereocenters. The molecule has 0 spiro atoms. The van der Waals surface area contributed by atoms with E-state index in [0.29, 0.717) is 0 Å². The lowest BCUT2D eigenvalue weighted by atomic mass is 9.76. The molecule has 2 rings (SSSR count). The van der Waals surface area contributed by atoms with Crippen molar-refractivity contribution >= 4 is 17.7 Å². The summed E-state index contributed by atoms with van der Waals surface area (Å²) in [6, 6.07) is 0. The zero-order chi connectivity index (χ0) is 13.8. The van der Waals surface area contributed by atoms with Crippen molar-refractivity contribution in [1.29, 1.82) is 0 Å². The quantitative estimate of drug-likeness (QED) is 0.815. The van der Waals surface area contributed by atoms with Gasteiger partial charge in [0.15, 0.2) is 0 Å². The Labute approximate surface area is 121 Å². The molecular weight excluding hydrogens is 256 g/mol. The normalized spacial score (nSPS) is 35.3. The van der Waals surface area contributed by atoms with E-state index in [1.165, 1.54) is 18.6 Å². The minimum Gasteiger partial charge on any atom is -0.354 e. The molecule has 2 fully saturated rings. The summed E-state index contributed by atoms with van der Waals surface area (Å²) < 4.78 is 0.269. The van der Waals surface area contributed by atoms with E-state index in [1.54, 1.807) is 0 Å². The lowest BCUT2D eigenvalue weighted by Crippen LogP contribution is -2.52. The molecule has 1 amide bonds. The van der Waals surface area contributed by atoms with E-state index < -0.39 is 0 Å². The second-order valence-corrected chi connectivity index (χ2v) is 8.08. The highest BCUT2D eigenvalue weighted by Gasteiger charge is 2.39. The number of thioether (sulfide) groups is 1. The van der Waals surface area contributed by atoms with Crippen LogP contribution >= 0.6 is 11.8 Å². The summed E-state index contributed by atoms with van der Waals surface area (Å²) in [5.74, 6) is 1.53. The maximum absolute atomic E-state index is 12.6. The second kappa shape index (κ2) is 6.49. The molecule has 2 heterocycles. The number of amides is 1. The molecule has 0 radical (unpaired) electrons. The third-order valence-electron chi connectivity index (χ3n) is 4.61. The molecule has 2 saturated heterocycles. The molecule has 0 aromatic carbocycles. The molecular formula is C15H28N2OS. The maximum atomic E-state index is 12.6. The first-order valence-electron chi connectivity index (χ1n) is 7.73. The Balaban J connectivity index is 1.91. The van der Waals surface area contributed by atoms with Crippen LogP contribution in [0.1, 0.15) is 52.4 Å². The number of nitrogens with one attached hydrogen (secondary N) is 2. The number of carbonyl (C=O) groups excluding carboxylic acids is 1. The summed E-state index contributed by atoms with van der Waals surface area (Å²) in [7, 11) is 0. The van der Waals surface area contributed by atoms with Crippen molar-refractivity contribution in [2.24, 2.45) is 5.41 Å². The number of hydrogen-bond donors (Lipinski definition) is 2. The summed E-state index contributed by atoms with van der Waals surface area (Å²) in [4.78, 5) is 12.6. The number of hydrogen-bond acceptors (Lipinski definition) is 3. The second-order valence-electron chi connectivity index (χ2n) is 6.40. The molecule has 2 aliphatic heterocycles. The third-order valence-corrected chi connectivity index (χ3v) is 6.14. The molecule has 2 unspecified atom stereocenters. The Morgan fingerprint density at radius 2 is 2.21 bits per heavy atom. The van der Waals surface area contributed by atoms with Crippen molar-refractivity contribution < 1.29 is 4.79 Å². The summed E-state index contributed by atoms with van der Waals surface area (Å²) >= 11 is 2.02. The van der Waals surface area contributed by atoms with Gasteiger partial charge in [-0.1, -0.05) is 13.3 Å². The number of piperidine rings is 1. The van der Waals surface area contributed by atoms with Gasteiger partial charge in [0.2, 0.25) is 5.91 Å². The van der Waals surface area contributed by atoms with Gasteiger partial charge in [0.1, 0.15) is 0 Å². The van der Waals surface area contributed by atoms with Crippen LogP contribution in [0.4, 0.5) is 0 Å². The minimum atomic E-state index is -0.146. The average Bonchev–Trinajstić information content (AvgIpc) is 2.85. The van der Waals surface area contributed by atoms with E-state index in [9.17, 15) is 4.79 Å². The van der Waals surface area contributed by atoms with Gasteiger partial charge >= 0.3 is 0 Å². The molecule has 0 bridgehead atoms.